The molecule has 0 heterocycles. The second-order valence-corrected chi connectivity index (χ2v) is 3.43. The molecule has 2 N–H and O–H groups in total. The van der Waals surface area contributed by atoms with Gasteiger partial charge in [-0.3, -0.25) is 0 Å². The molecule has 1 atom stereocenters. The zero-order valence-electron chi connectivity index (χ0n) is 6.99. The number of nitrogens with two attached hydrogens (primary N) is 1. The molecule has 0 rings (SSSR count). The first-order chi connectivity index (χ1) is 5.66. The van der Waals surface area contributed by atoms with E-state index in [1.165, 1.54) is 11.8 Å². The summed E-state index contributed by atoms with van der Waals surface area (Å²) in [5, 5.41) is 0. The standard InChI is InChI=1S/C7H13NO3S/c1-6(11-7(8)10)2-4-12-5-3-9/h3,6H,2,4-5H2,1H3,(H2,8,10). The van der Waals surface area contributed by atoms with E-state index < -0.39 is 6.09 Å². The van der Waals surface area contributed by atoms with Crippen LogP contribution in [0.5, 0.6) is 0 Å². The topological polar surface area (TPSA) is 69.4 Å². The molecule has 0 saturated heterocycles. The Balaban J connectivity index is 3.24. The number of carbonyl (C=O) groups is 2. The maximum Gasteiger partial charge on any atom is 0.404 e. The van der Waals surface area contributed by atoms with Gasteiger partial charge in [0.2, 0.25) is 0 Å². The van der Waals surface area contributed by atoms with E-state index in [1.807, 2.05) is 0 Å². The van der Waals surface area contributed by atoms with Crippen molar-refractivity contribution in [2.75, 3.05) is 11.5 Å². The van der Waals surface area contributed by atoms with Crippen LogP contribution in [0.15, 0.2) is 0 Å². The van der Waals surface area contributed by atoms with Crippen molar-refractivity contribution in [2.45, 2.75) is 19.4 Å². The van der Waals surface area contributed by atoms with Crippen LogP contribution in [0.3, 0.4) is 0 Å². The van der Waals surface area contributed by atoms with E-state index >= 15 is 0 Å². The molecule has 1 unspecified atom stereocenters. The van der Waals surface area contributed by atoms with Crippen molar-refractivity contribution < 1.29 is 14.3 Å². The van der Waals surface area contributed by atoms with Gasteiger partial charge in [-0.1, -0.05) is 0 Å². The average molecular weight is 191 g/mol. The van der Waals surface area contributed by atoms with E-state index in [-0.39, 0.29) is 6.10 Å². The number of carbonyl (C=O) groups excluding carboxylic acids is 2. The Morgan fingerprint density at radius 1 is 1.75 bits per heavy atom. The van der Waals surface area contributed by atoms with Gasteiger partial charge in [-0.25, -0.2) is 4.79 Å². The minimum absolute atomic E-state index is 0.165. The Labute approximate surface area is 75.8 Å². The molecule has 0 fully saturated rings. The molecular weight excluding hydrogens is 178 g/mol. The normalized spacial score (nSPS) is 12.1. The summed E-state index contributed by atoms with van der Waals surface area (Å²) in [5.41, 5.74) is 4.80. The zero-order valence-corrected chi connectivity index (χ0v) is 7.80. The minimum Gasteiger partial charge on any atom is -0.447 e. The van der Waals surface area contributed by atoms with Gasteiger partial charge >= 0.3 is 6.09 Å². The predicted molar refractivity (Wildman–Crippen MR) is 48.1 cm³/mol. The molecule has 0 spiro atoms. The molecule has 0 saturated carbocycles. The van der Waals surface area contributed by atoms with E-state index in [0.717, 1.165) is 18.5 Å². The van der Waals surface area contributed by atoms with Crippen LogP contribution < -0.4 is 5.73 Å². The molecule has 0 aromatic rings. The summed E-state index contributed by atoms with van der Waals surface area (Å²) in [5.74, 6) is 1.29. The predicted octanol–water partition coefficient (Wildman–Crippen LogP) is 0.792. The van der Waals surface area contributed by atoms with Crippen LogP contribution in [0.2, 0.25) is 0 Å². The van der Waals surface area contributed by atoms with E-state index in [4.69, 9.17) is 5.73 Å². The van der Waals surface area contributed by atoms with E-state index in [1.54, 1.807) is 6.92 Å². The number of ether oxygens (including phenoxy) is 1. The molecule has 0 aromatic heterocycles. The number of aldehydes is 1. The van der Waals surface area contributed by atoms with Crippen LogP contribution in [0, 0.1) is 0 Å². The van der Waals surface area contributed by atoms with Crippen molar-refractivity contribution in [3.05, 3.63) is 0 Å². The van der Waals surface area contributed by atoms with Gasteiger partial charge in [0, 0.05) is 5.75 Å². The maximum absolute atomic E-state index is 10.2. The highest BCUT2D eigenvalue weighted by Gasteiger charge is 2.04. The molecule has 12 heavy (non-hydrogen) atoms. The molecule has 0 aromatic carbocycles. The van der Waals surface area contributed by atoms with Gasteiger partial charge in [-0.2, -0.15) is 11.8 Å². The first-order valence-electron chi connectivity index (χ1n) is 3.64. The number of thioether (sulfide) groups is 1. The summed E-state index contributed by atoms with van der Waals surface area (Å²) in [6.45, 7) is 1.77. The largest absolute Gasteiger partial charge is 0.447 e. The third-order valence-corrected chi connectivity index (χ3v) is 2.07. The fourth-order valence-corrected chi connectivity index (χ4v) is 1.40. The molecule has 0 aliphatic heterocycles. The van der Waals surface area contributed by atoms with Gasteiger partial charge in [0.05, 0.1) is 0 Å². The van der Waals surface area contributed by atoms with Crippen LogP contribution in [-0.2, 0) is 9.53 Å². The number of hydrogen-bond donors (Lipinski definition) is 1. The lowest BCUT2D eigenvalue weighted by molar-refractivity contribution is -0.105. The Hall–Kier alpha value is -0.710. The van der Waals surface area contributed by atoms with Gasteiger partial charge in [0.1, 0.15) is 12.4 Å². The van der Waals surface area contributed by atoms with Crippen LogP contribution in [0.1, 0.15) is 13.3 Å². The van der Waals surface area contributed by atoms with Crippen molar-refractivity contribution in [3.8, 4) is 0 Å². The summed E-state index contributed by atoms with van der Waals surface area (Å²) in [7, 11) is 0. The number of amides is 1. The lowest BCUT2D eigenvalue weighted by atomic mass is 10.3. The Bertz CT molecular complexity index is 152. The first kappa shape index (κ1) is 11.3. The van der Waals surface area contributed by atoms with E-state index in [0.29, 0.717) is 5.75 Å². The highest BCUT2D eigenvalue weighted by molar-refractivity contribution is 7.99. The van der Waals surface area contributed by atoms with Gasteiger partial charge in [-0.15, -0.1) is 0 Å². The second-order valence-electron chi connectivity index (χ2n) is 2.28. The Kier molecular flexibility index (Phi) is 6.55. The Morgan fingerprint density at radius 2 is 2.42 bits per heavy atom. The molecule has 5 heteroatoms. The lowest BCUT2D eigenvalue weighted by Gasteiger charge is -2.09. The zero-order chi connectivity index (χ0) is 9.40. The summed E-state index contributed by atoms with van der Waals surface area (Å²) in [6.07, 6.45) is 0.663. The highest BCUT2D eigenvalue weighted by atomic mass is 32.2. The monoisotopic (exact) mass is 191 g/mol. The van der Waals surface area contributed by atoms with Gasteiger partial charge < -0.3 is 15.3 Å². The number of primary amides is 1. The number of hydrogen-bond acceptors (Lipinski definition) is 4. The fourth-order valence-electron chi connectivity index (χ4n) is 0.638. The van der Waals surface area contributed by atoms with Crippen molar-refractivity contribution >= 4 is 24.1 Å². The van der Waals surface area contributed by atoms with Gasteiger partial charge in [0.15, 0.2) is 0 Å². The van der Waals surface area contributed by atoms with Gasteiger partial charge in [0.25, 0.3) is 0 Å². The quantitative estimate of drug-likeness (QED) is 0.498. The molecule has 4 nitrogen and oxygen atoms in total. The van der Waals surface area contributed by atoms with Crippen molar-refractivity contribution in [1.82, 2.24) is 0 Å². The van der Waals surface area contributed by atoms with Crippen molar-refractivity contribution in [3.63, 3.8) is 0 Å². The molecule has 0 aliphatic rings. The van der Waals surface area contributed by atoms with Crippen molar-refractivity contribution in [2.24, 2.45) is 5.73 Å². The molecule has 0 radical (unpaired) electrons. The third kappa shape index (κ3) is 7.40. The fraction of sp³-hybridized carbons (Fsp3) is 0.714. The molecule has 0 bridgehead atoms. The van der Waals surface area contributed by atoms with Crippen molar-refractivity contribution in [1.29, 1.82) is 0 Å². The Morgan fingerprint density at radius 3 is 2.92 bits per heavy atom. The van der Waals surface area contributed by atoms with E-state index in [2.05, 4.69) is 4.74 Å². The van der Waals surface area contributed by atoms with Crippen LogP contribution in [0.4, 0.5) is 4.79 Å². The minimum atomic E-state index is -0.747. The molecule has 70 valence electrons. The van der Waals surface area contributed by atoms with Crippen LogP contribution >= 0.6 is 11.8 Å². The second kappa shape index (κ2) is 6.97. The molecule has 0 aliphatic carbocycles. The summed E-state index contributed by atoms with van der Waals surface area (Å²) in [6, 6.07) is 0. The summed E-state index contributed by atoms with van der Waals surface area (Å²) < 4.78 is 4.67. The smallest absolute Gasteiger partial charge is 0.404 e. The number of rotatable bonds is 6. The van der Waals surface area contributed by atoms with Gasteiger partial charge in [-0.05, 0) is 19.1 Å². The molecular formula is C7H13NO3S. The average Bonchev–Trinajstić information content (AvgIpc) is 1.97. The summed E-state index contributed by atoms with van der Waals surface area (Å²) >= 11 is 1.51. The van der Waals surface area contributed by atoms with E-state index in [9.17, 15) is 9.59 Å². The summed E-state index contributed by atoms with van der Waals surface area (Å²) in [4.78, 5) is 20.1. The maximum atomic E-state index is 10.2. The lowest BCUT2D eigenvalue weighted by Crippen LogP contribution is -2.20. The first-order valence-corrected chi connectivity index (χ1v) is 4.79. The van der Waals surface area contributed by atoms with Crippen LogP contribution in [0.25, 0.3) is 0 Å². The highest BCUT2D eigenvalue weighted by Crippen LogP contribution is 2.05. The molecule has 1 amide bonds. The SMILES string of the molecule is CC(CCSCC=O)OC(N)=O. The van der Waals surface area contributed by atoms with Crippen LogP contribution in [-0.4, -0.2) is 30.0 Å². The third-order valence-electron chi connectivity index (χ3n) is 1.17.